The second-order valence-electron chi connectivity index (χ2n) is 7.68. The third-order valence-corrected chi connectivity index (χ3v) is 5.85. The Morgan fingerprint density at radius 3 is 1.92 bits per heavy atom. The zero-order valence-electron chi connectivity index (χ0n) is 17.4. The van der Waals surface area contributed by atoms with Crippen molar-refractivity contribution >= 4 is 0 Å². The fourth-order valence-electron chi connectivity index (χ4n) is 4.33. The lowest BCUT2D eigenvalue weighted by molar-refractivity contribution is 0.440. The molecule has 2 rings (SSSR count). The molecule has 1 N–H and O–H groups in total. The van der Waals surface area contributed by atoms with E-state index in [2.05, 4.69) is 52.8 Å². The second-order valence-corrected chi connectivity index (χ2v) is 7.68. The van der Waals surface area contributed by atoms with Crippen LogP contribution in [0.15, 0.2) is 36.4 Å². The lowest BCUT2D eigenvalue weighted by Gasteiger charge is -2.34. The van der Waals surface area contributed by atoms with Crippen LogP contribution >= 0.6 is 0 Å². The predicted octanol–water partition coefficient (Wildman–Crippen LogP) is 6.97. The van der Waals surface area contributed by atoms with Gasteiger partial charge in [0.05, 0.1) is 0 Å². The summed E-state index contributed by atoms with van der Waals surface area (Å²) in [5, 5.41) is 10.6. The van der Waals surface area contributed by atoms with Gasteiger partial charge in [-0.1, -0.05) is 84.2 Å². The standard InChI is InChI=1S/C25H36O/c1-6-12-19-17-18-22(21(14-8-3)20(19)13-7-2)25(5,9-4)23-15-10-11-16-24(23)26/h10-11,15-18,26H,6-9,12-14H2,1-5H3. The highest BCUT2D eigenvalue weighted by Crippen LogP contribution is 2.43. The van der Waals surface area contributed by atoms with Crippen molar-refractivity contribution in [2.75, 3.05) is 0 Å². The quantitative estimate of drug-likeness (QED) is 0.517. The van der Waals surface area contributed by atoms with Crippen LogP contribution in [0.5, 0.6) is 5.75 Å². The van der Waals surface area contributed by atoms with Gasteiger partial charge in [0, 0.05) is 11.0 Å². The SMILES string of the molecule is CCCc1ccc(C(C)(CC)c2ccccc2O)c(CCC)c1CCC. The molecule has 2 aromatic carbocycles. The van der Waals surface area contributed by atoms with E-state index >= 15 is 0 Å². The van der Waals surface area contributed by atoms with Crippen molar-refractivity contribution in [2.24, 2.45) is 0 Å². The van der Waals surface area contributed by atoms with Gasteiger partial charge in [-0.15, -0.1) is 0 Å². The first-order valence-corrected chi connectivity index (χ1v) is 10.5. The van der Waals surface area contributed by atoms with E-state index in [9.17, 15) is 5.11 Å². The third kappa shape index (κ3) is 3.98. The van der Waals surface area contributed by atoms with Gasteiger partial charge in [-0.05, 0) is 54.0 Å². The fourth-order valence-corrected chi connectivity index (χ4v) is 4.33. The van der Waals surface area contributed by atoms with Gasteiger partial charge in [-0.3, -0.25) is 0 Å². The van der Waals surface area contributed by atoms with E-state index < -0.39 is 0 Å². The summed E-state index contributed by atoms with van der Waals surface area (Å²) in [6.07, 6.45) is 7.92. The normalized spacial score (nSPS) is 13.6. The number of hydrogen-bond donors (Lipinski definition) is 1. The van der Waals surface area contributed by atoms with Gasteiger partial charge in [0.2, 0.25) is 0 Å². The summed E-state index contributed by atoms with van der Waals surface area (Å²) in [6.45, 7) is 11.4. The van der Waals surface area contributed by atoms with Crippen LogP contribution in [0.25, 0.3) is 0 Å². The van der Waals surface area contributed by atoms with Crippen molar-refractivity contribution in [2.45, 2.75) is 85.0 Å². The van der Waals surface area contributed by atoms with Crippen LogP contribution < -0.4 is 0 Å². The highest BCUT2D eigenvalue weighted by molar-refractivity contribution is 5.52. The molecule has 1 heteroatoms. The monoisotopic (exact) mass is 352 g/mol. The van der Waals surface area contributed by atoms with Crippen molar-refractivity contribution < 1.29 is 5.11 Å². The van der Waals surface area contributed by atoms with Crippen molar-refractivity contribution in [3.8, 4) is 5.75 Å². The molecule has 1 atom stereocenters. The molecule has 0 aliphatic heterocycles. The van der Waals surface area contributed by atoms with Crippen molar-refractivity contribution in [1.29, 1.82) is 0 Å². The Hall–Kier alpha value is -1.76. The molecule has 26 heavy (non-hydrogen) atoms. The minimum atomic E-state index is -0.164. The molecular weight excluding hydrogens is 316 g/mol. The van der Waals surface area contributed by atoms with Crippen LogP contribution in [0.3, 0.4) is 0 Å². The van der Waals surface area contributed by atoms with Crippen LogP contribution in [0.2, 0.25) is 0 Å². The number of phenols is 1. The number of aromatic hydroxyl groups is 1. The maximum Gasteiger partial charge on any atom is 0.119 e. The minimum Gasteiger partial charge on any atom is -0.508 e. The first-order chi connectivity index (χ1) is 12.5. The Bertz CT molecular complexity index is 716. The number of aryl methyl sites for hydroxylation is 1. The molecule has 0 aromatic heterocycles. The molecule has 0 aliphatic rings. The maximum absolute atomic E-state index is 10.6. The Morgan fingerprint density at radius 2 is 1.35 bits per heavy atom. The number of rotatable bonds is 9. The molecule has 0 spiro atoms. The van der Waals surface area contributed by atoms with Gasteiger partial charge in [0.15, 0.2) is 0 Å². The minimum absolute atomic E-state index is 0.164. The Balaban J connectivity index is 2.73. The molecule has 1 nitrogen and oxygen atoms in total. The molecule has 2 aromatic rings. The number of phenolic OH excluding ortho intramolecular Hbond substituents is 1. The molecule has 0 radical (unpaired) electrons. The van der Waals surface area contributed by atoms with Crippen LogP contribution in [-0.2, 0) is 24.7 Å². The number of para-hydroxylation sites is 1. The summed E-state index contributed by atoms with van der Waals surface area (Å²) in [4.78, 5) is 0. The first kappa shape index (κ1) is 20.6. The van der Waals surface area contributed by atoms with E-state index in [1.54, 1.807) is 5.56 Å². The zero-order chi connectivity index (χ0) is 19.2. The average Bonchev–Trinajstić information content (AvgIpc) is 2.64. The van der Waals surface area contributed by atoms with Crippen molar-refractivity contribution in [1.82, 2.24) is 0 Å². The van der Waals surface area contributed by atoms with Crippen LogP contribution in [-0.4, -0.2) is 5.11 Å². The summed E-state index contributed by atoms with van der Waals surface area (Å²) < 4.78 is 0. The zero-order valence-corrected chi connectivity index (χ0v) is 17.4. The van der Waals surface area contributed by atoms with E-state index in [1.165, 1.54) is 29.5 Å². The number of hydrogen-bond acceptors (Lipinski definition) is 1. The molecular formula is C25H36O. The Morgan fingerprint density at radius 1 is 0.731 bits per heavy atom. The molecule has 142 valence electrons. The van der Waals surface area contributed by atoms with Crippen LogP contribution in [0.4, 0.5) is 0 Å². The summed E-state index contributed by atoms with van der Waals surface area (Å²) in [6, 6.07) is 12.6. The van der Waals surface area contributed by atoms with Crippen molar-refractivity contribution in [3.05, 3.63) is 64.2 Å². The molecule has 1 unspecified atom stereocenters. The van der Waals surface area contributed by atoms with Crippen molar-refractivity contribution in [3.63, 3.8) is 0 Å². The lowest BCUT2D eigenvalue weighted by Crippen LogP contribution is -2.25. The topological polar surface area (TPSA) is 20.2 Å². The highest BCUT2D eigenvalue weighted by atomic mass is 16.3. The molecule has 0 heterocycles. The summed E-state index contributed by atoms with van der Waals surface area (Å²) in [7, 11) is 0. The maximum atomic E-state index is 10.6. The molecule has 0 fully saturated rings. The molecule has 0 saturated carbocycles. The Labute approximate surface area is 160 Å². The smallest absolute Gasteiger partial charge is 0.119 e. The van der Waals surface area contributed by atoms with E-state index in [0.717, 1.165) is 37.7 Å². The van der Waals surface area contributed by atoms with E-state index in [4.69, 9.17) is 0 Å². The van der Waals surface area contributed by atoms with Crippen LogP contribution in [0, 0.1) is 0 Å². The second kappa shape index (κ2) is 9.26. The predicted molar refractivity (Wildman–Crippen MR) is 113 cm³/mol. The summed E-state index contributed by atoms with van der Waals surface area (Å²) >= 11 is 0. The van der Waals surface area contributed by atoms with Gasteiger partial charge in [0.1, 0.15) is 5.75 Å². The van der Waals surface area contributed by atoms with Gasteiger partial charge < -0.3 is 5.11 Å². The highest BCUT2D eigenvalue weighted by Gasteiger charge is 2.32. The van der Waals surface area contributed by atoms with E-state index in [1.807, 2.05) is 18.2 Å². The van der Waals surface area contributed by atoms with E-state index in [-0.39, 0.29) is 5.41 Å². The average molecular weight is 353 g/mol. The lowest BCUT2D eigenvalue weighted by atomic mass is 9.70. The summed E-state index contributed by atoms with van der Waals surface area (Å²) in [5.74, 6) is 0.411. The van der Waals surface area contributed by atoms with Gasteiger partial charge in [-0.25, -0.2) is 0 Å². The van der Waals surface area contributed by atoms with Gasteiger partial charge >= 0.3 is 0 Å². The number of benzene rings is 2. The van der Waals surface area contributed by atoms with Gasteiger partial charge in [-0.2, -0.15) is 0 Å². The summed E-state index contributed by atoms with van der Waals surface area (Å²) in [5.41, 5.74) is 6.93. The first-order valence-electron chi connectivity index (χ1n) is 10.5. The third-order valence-electron chi connectivity index (χ3n) is 5.85. The van der Waals surface area contributed by atoms with E-state index in [0.29, 0.717) is 5.75 Å². The molecule has 0 bridgehead atoms. The molecule has 0 amide bonds. The van der Waals surface area contributed by atoms with Crippen LogP contribution in [0.1, 0.15) is 88.1 Å². The molecule has 0 aliphatic carbocycles. The fraction of sp³-hybridized carbons (Fsp3) is 0.520. The molecule has 0 saturated heterocycles. The Kier molecular flexibility index (Phi) is 7.32. The van der Waals surface area contributed by atoms with Gasteiger partial charge in [0.25, 0.3) is 0 Å². The largest absolute Gasteiger partial charge is 0.508 e.